The van der Waals surface area contributed by atoms with Crippen LogP contribution in [-0.4, -0.2) is 18.3 Å². The quantitative estimate of drug-likeness (QED) is 0.467. The molecule has 0 aliphatic carbocycles. The van der Waals surface area contributed by atoms with Crippen LogP contribution in [0.5, 0.6) is 0 Å². The Morgan fingerprint density at radius 2 is 2.14 bits per heavy atom. The van der Waals surface area contributed by atoms with Gasteiger partial charge in [-0.1, -0.05) is 19.1 Å². The van der Waals surface area contributed by atoms with E-state index in [2.05, 4.69) is 4.99 Å². The highest BCUT2D eigenvalue weighted by atomic mass is 32.1. The summed E-state index contributed by atoms with van der Waals surface area (Å²) in [6, 6.07) is 9.05. The SMILES string of the molecule is CCCOCc1ccc(N=C(N)c2cccs2)cc1C(N)=O. The van der Waals surface area contributed by atoms with Gasteiger partial charge in [0, 0.05) is 12.2 Å². The van der Waals surface area contributed by atoms with E-state index in [1.807, 2.05) is 24.4 Å². The number of carbonyl (C=O) groups is 1. The topological polar surface area (TPSA) is 90.7 Å². The van der Waals surface area contributed by atoms with Crippen LogP contribution >= 0.6 is 11.3 Å². The third-order valence-electron chi connectivity index (χ3n) is 2.99. The number of thiophene rings is 1. The van der Waals surface area contributed by atoms with Crippen molar-refractivity contribution in [3.8, 4) is 0 Å². The molecule has 1 heterocycles. The number of rotatable bonds is 7. The Bertz CT molecular complexity index is 666. The van der Waals surface area contributed by atoms with Gasteiger partial charge >= 0.3 is 0 Å². The molecule has 1 amide bonds. The fourth-order valence-electron chi connectivity index (χ4n) is 1.93. The third kappa shape index (κ3) is 4.16. The van der Waals surface area contributed by atoms with Crippen molar-refractivity contribution >= 4 is 28.8 Å². The Balaban J connectivity index is 2.25. The monoisotopic (exact) mass is 317 g/mol. The molecule has 0 fully saturated rings. The molecular weight excluding hydrogens is 298 g/mol. The number of amides is 1. The number of amidine groups is 1. The highest BCUT2D eigenvalue weighted by Gasteiger charge is 2.10. The average molecular weight is 317 g/mol. The van der Waals surface area contributed by atoms with Crippen molar-refractivity contribution in [2.24, 2.45) is 16.5 Å². The molecular formula is C16H19N3O2S. The van der Waals surface area contributed by atoms with Crippen molar-refractivity contribution in [1.82, 2.24) is 0 Å². The van der Waals surface area contributed by atoms with Gasteiger partial charge in [-0.2, -0.15) is 0 Å². The van der Waals surface area contributed by atoms with Crippen LogP contribution in [0, 0.1) is 0 Å². The molecule has 2 aromatic rings. The molecule has 0 unspecified atom stereocenters. The minimum absolute atomic E-state index is 0.358. The number of hydrogen-bond donors (Lipinski definition) is 2. The molecule has 1 aromatic heterocycles. The molecule has 22 heavy (non-hydrogen) atoms. The van der Waals surface area contributed by atoms with E-state index >= 15 is 0 Å². The summed E-state index contributed by atoms with van der Waals surface area (Å²) in [5.41, 5.74) is 13.2. The highest BCUT2D eigenvalue weighted by Crippen LogP contribution is 2.20. The molecule has 0 spiro atoms. The molecule has 0 radical (unpaired) electrons. The van der Waals surface area contributed by atoms with Gasteiger partial charge in [0.2, 0.25) is 5.91 Å². The first-order valence-electron chi connectivity index (χ1n) is 7.00. The minimum Gasteiger partial charge on any atom is -0.383 e. The van der Waals surface area contributed by atoms with E-state index in [0.29, 0.717) is 30.3 Å². The number of hydrogen-bond acceptors (Lipinski definition) is 4. The maximum absolute atomic E-state index is 11.6. The van der Waals surface area contributed by atoms with Crippen LogP contribution in [0.4, 0.5) is 5.69 Å². The van der Waals surface area contributed by atoms with Crippen molar-refractivity contribution in [2.75, 3.05) is 6.61 Å². The van der Waals surface area contributed by atoms with Gasteiger partial charge in [0.25, 0.3) is 0 Å². The van der Waals surface area contributed by atoms with Crippen LogP contribution < -0.4 is 11.5 Å². The lowest BCUT2D eigenvalue weighted by atomic mass is 10.1. The van der Waals surface area contributed by atoms with Gasteiger partial charge in [-0.3, -0.25) is 4.79 Å². The Hall–Kier alpha value is -2.18. The maximum atomic E-state index is 11.6. The van der Waals surface area contributed by atoms with Gasteiger partial charge in [0.05, 0.1) is 17.2 Å². The van der Waals surface area contributed by atoms with Crippen molar-refractivity contribution in [3.05, 3.63) is 51.7 Å². The molecule has 5 nitrogen and oxygen atoms in total. The molecule has 6 heteroatoms. The van der Waals surface area contributed by atoms with Gasteiger partial charge in [0.1, 0.15) is 5.84 Å². The van der Waals surface area contributed by atoms with Crippen LogP contribution in [-0.2, 0) is 11.3 Å². The number of nitrogens with two attached hydrogens (primary N) is 2. The predicted octanol–water partition coefficient (Wildman–Crippen LogP) is 2.81. The summed E-state index contributed by atoms with van der Waals surface area (Å²) in [4.78, 5) is 16.8. The number of nitrogens with zero attached hydrogens (tertiary/aromatic N) is 1. The minimum atomic E-state index is -0.498. The molecule has 0 saturated heterocycles. The van der Waals surface area contributed by atoms with E-state index in [1.165, 1.54) is 11.3 Å². The lowest BCUT2D eigenvalue weighted by molar-refractivity contribution is 0.0984. The van der Waals surface area contributed by atoms with E-state index in [0.717, 1.165) is 16.9 Å². The molecule has 0 bridgehead atoms. The van der Waals surface area contributed by atoms with Gasteiger partial charge in [-0.25, -0.2) is 4.99 Å². The normalized spacial score (nSPS) is 11.6. The molecule has 0 aliphatic heterocycles. The molecule has 116 valence electrons. The molecule has 0 atom stereocenters. The van der Waals surface area contributed by atoms with Crippen molar-refractivity contribution in [1.29, 1.82) is 0 Å². The first-order chi connectivity index (χ1) is 10.6. The van der Waals surface area contributed by atoms with Crippen molar-refractivity contribution in [3.63, 3.8) is 0 Å². The Morgan fingerprint density at radius 1 is 1.32 bits per heavy atom. The summed E-state index contributed by atoms with van der Waals surface area (Å²) < 4.78 is 5.47. The Morgan fingerprint density at radius 3 is 2.77 bits per heavy atom. The van der Waals surface area contributed by atoms with Crippen LogP contribution in [0.25, 0.3) is 0 Å². The summed E-state index contributed by atoms with van der Waals surface area (Å²) in [5.74, 6) is -0.0813. The number of ether oxygens (including phenoxy) is 1. The molecule has 0 saturated carbocycles. The number of aliphatic imine (C=N–C) groups is 1. The first kappa shape index (κ1) is 16.2. The zero-order chi connectivity index (χ0) is 15.9. The second-order valence-electron chi connectivity index (χ2n) is 4.73. The lowest BCUT2D eigenvalue weighted by Crippen LogP contribution is -2.15. The van der Waals surface area contributed by atoms with E-state index < -0.39 is 5.91 Å². The summed E-state index contributed by atoms with van der Waals surface area (Å²) in [5, 5.41) is 1.93. The molecule has 2 rings (SSSR count). The van der Waals surface area contributed by atoms with Crippen LogP contribution in [0.15, 0.2) is 40.7 Å². The van der Waals surface area contributed by atoms with Crippen molar-refractivity contribution in [2.45, 2.75) is 20.0 Å². The zero-order valence-corrected chi connectivity index (χ0v) is 13.2. The third-order valence-corrected chi connectivity index (χ3v) is 3.88. The second-order valence-corrected chi connectivity index (χ2v) is 5.68. The smallest absolute Gasteiger partial charge is 0.249 e. The summed E-state index contributed by atoms with van der Waals surface area (Å²) >= 11 is 1.51. The van der Waals surface area contributed by atoms with Crippen molar-refractivity contribution < 1.29 is 9.53 Å². The molecule has 1 aromatic carbocycles. The van der Waals surface area contributed by atoms with Crippen LogP contribution in [0.1, 0.15) is 34.1 Å². The number of carbonyl (C=O) groups excluding carboxylic acids is 1. The zero-order valence-electron chi connectivity index (χ0n) is 12.4. The molecule has 0 aliphatic rings. The summed E-state index contributed by atoms with van der Waals surface area (Å²) in [7, 11) is 0. The van der Waals surface area contributed by atoms with E-state index in [1.54, 1.807) is 18.2 Å². The van der Waals surface area contributed by atoms with Crippen LogP contribution in [0.2, 0.25) is 0 Å². The highest BCUT2D eigenvalue weighted by molar-refractivity contribution is 7.12. The maximum Gasteiger partial charge on any atom is 0.249 e. The Kier molecular flexibility index (Phi) is 5.68. The second kappa shape index (κ2) is 7.72. The van der Waals surface area contributed by atoms with Gasteiger partial charge < -0.3 is 16.2 Å². The fourth-order valence-corrected chi connectivity index (χ4v) is 2.56. The van der Waals surface area contributed by atoms with E-state index in [-0.39, 0.29) is 0 Å². The number of benzene rings is 1. The average Bonchev–Trinajstić information content (AvgIpc) is 3.03. The molecule has 4 N–H and O–H groups in total. The first-order valence-corrected chi connectivity index (χ1v) is 7.88. The largest absolute Gasteiger partial charge is 0.383 e. The predicted molar refractivity (Wildman–Crippen MR) is 89.6 cm³/mol. The van der Waals surface area contributed by atoms with E-state index in [9.17, 15) is 4.79 Å². The summed E-state index contributed by atoms with van der Waals surface area (Å²) in [6.07, 6.45) is 0.922. The van der Waals surface area contributed by atoms with Gasteiger partial charge in [0.15, 0.2) is 0 Å². The van der Waals surface area contributed by atoms with Gasteiger partial charge in [-0.05, 0) is 35.6 Å². The standard InChI is InChI=1S/C16H19N3O2S/c1-2-7-21-10-11-5-6-12(9-13(11)16(18)20)19-15(17)14-4-3-8-22-14/h3-6,8-9H,2,7,10H2,1H3,(H2,17,19)(H2,18,20). The fraction of sp³-hybridized carbons (Fsp3) is 0.250. The number of primary amides is 1. The van der Waals surface area contributed by atoms with Gasteiger partial charge in [-0.15, -0.1) is 11.3 Å². The Labute approximate surface area is 133 Å². The lowest BCUT2D eigenvalue weighted by Gasteiger charge is -2.08. The summed E-state index contributed by atoms with van der Waals surface area (Å²) in [6.45, 7) is 3.03. The van der Waals surface area contributed by atoms with E-state index in [4.69, 9.17) is 16.2 Å². The van der Waals surface area contributed by atoms with Crippen LogP contribution in [0.3, 0.4) is 0 Å².